The SMILES string of the molecule is CC(C)Nc1ccc2cc3ccc(N)cc3nc2c1. The average molecular weight is 251 g/mol. The molecule has 96 valence electrons. The van der Waals surface area contributed by atoms with Gasteiger partial charge in [0.1, 0.15) is 0 Å². The molecule has 0 radical (unpaired) electrons. The van der Waals surface area contributed by atoms with E-state index in [2.05, 4.69) is 48.4 Å². The van der Waals surface area contributed by atoms with Crippen LogP contribution in [0.2, 0.25) is 0 Å². The molecular weight excluding hydrogens is 234 g/mol. The molecule has 0 bridgehead atoms. The molecule has 1 aromatic heterocycles. The second-order valence-corrected chi connectivity index (χ2v) is 5.15. The number of hydrogen-bond donors (Lipinski definition) is 2. The number of anilines is 2. The van der Waals surface area contributed by atoms with Crippen LogP contribution in [0, 0.1) is 0 Å². The standard InChI is InChI=1S/C16H17N3/c1-10(2)18-14-6-4-12-7-11-3-5-13(17)8-15(11)19-16(12)9-14/h3-10,18H,17H2,1-2H3. The van der Waals surface area contributed by atoms with Crippen LogP contribution in [0.15, 0.2) is 42.5 Å². The van der Waals surface area contributed by atoms with Crippen molar-refractivity contribution in [2.24, 2.45) is 0 Å². The highest BCUT2D eigenvalue weighted by Gasteiger charge is 2.02. The van der Waals surface area contributed by atoms with Crippen molar-refractivity contribution in [1.82, 2.24) is 4.98 Å². The number of nitrogens with one attached hydrogen (secondary N) is 1. The van der Waals surface area contributed by atoms with E-state index in [1.807, 2.05) is 18.2 Å². The number of rotatable bonds is 2. The van der Waals surface area contributed by atoms with Gasteiger partial charge in [-0.15, -0.1) is 0 Å². The highest BCUT2D eigenvalue weighted by atomic mass is 14.9. The predicted octanol–water partition coefficient (Wildman–Crippen LogP) is 3.79. The number of nitrogens with two attached hydrogens (primary N) is 1. The number of benzene rings is 2. The van der Waals surface area contributed by atoms with Crippen LogP contribution in [-0.4, -0.2) is 11.0 Å². The van der Waals surface area contributed by atoms with Crippen LogP contribution in [0.1, 0.15) is 13.8 Å². The van der Waals surface area contributed by atoms with E-state index in [1.54, 1.807) is 0 Å². The number of fused-ring (bicyclic) bond motifs is 2. The van der Waals surface area contributed by atoms with E-state index < -0.39 is 0 Å². The summed E-state index contributed by atoms with van der Waals surface area (Å²) in [4.78, 5) is 4.69. The molecule has 0 saturated heterocycles. The average Bonchev–Trinajstić information content (AvgIpc) is 2.35. The summed E-state index contributed by atoms with van der Waals surface area (Å²) in [5.41, 5.74) is 9.58. The Labute approximate surface area is 112 Å². The van der Waals surface area contributed by atoms with E-state index in [9.17, 15) is 0 Å². The first kappa shape index (κ1) is 11.8. The van der Waals surface area contributed by atoms with Crippen LogP contribution >= 0.6 is 0 Å². The Balaban J connectivity index is 2.18. The van der Waals surface area contributed by atoms with Crippen molar-refractivity contribution >= 4 is 33.2 Å². The van der Waals surface area contributed by atoms with Crippen LogP contribution in [-0.2, 0) is 0 Å². The first-order valence-corrected chi connectivity index (χ1v) is 6.48. The lowest BCUT2D eigenvalue weighted by Crippen LogP contribution is -2.09. The van der Waals surface area contributed by atoms with Crippen molar-refractivity contribution in [2.45, 2.75) is 19.9 Å². The zero-order chi connectivity index (χ0) is 13.4. The summed E-state index contributed by atoms with van der Waals surface area (Å²) in [5.74, 6) is 0. The molecule has 1 heterocycles. The molecule has 0 saturated carbocycles. The van der Waals surface area contributed by atoms with E-state index >= 15 is 0 Å². The molecule has 0 aliphatic carbocycles. The number of nitrogens with zero attached hydrogens (tertiary/aromatic N) is 1. The highest BCUT2D eigenvalue weighted by molar-refractivity contribution is 5.94. The van der Waals surface area contributed by atoms with E-state index in [0.717, 1.165) is 33.2 Å². The van der Waals surface area contributed by atoms with Crippen LogP contribution in [0.4, 0.5) is 11.4 Å². The minimum absolute atomic E-state index is 0.411. The quantitative estimate of drug-likeness (QED) is 0.538. The van der Waals surface area contributed by atoms with Gasteiger partial charge >= 0.3 is 0 Å². The lowest BCUT2D eigenvalue weighted by molar-refractivity contribution is 0.900. The maximum absolute atomic E-state index is 5.81. The van der Waals surface area contributed by atoms with Gasteiger partial charge in [-0.25, -0.2) is 4.98 Å². The molecule has 0 spiro atoms. The van der Waals surface area contributed by atoms with Gasteiger partial charge in [0, 0.05) is 28.2 Å². The van der Waals surface area contributed by atoms with Gasteiger partial charge < -0.3 is 11.1 Å². The monoisotopic (exact) mass is 251 g/mol. The molecule has 3 nitrogen and oxygen atoms in total. The van der Waals surface area contributed by atoms with Gasteiger partial charge in [0.25, 0.3) is 0 Å². The highest BCUT2D eigenvalue weighted by Crippen LogP contribution is 2.24. The molecule has 19 heavy (non-hydrogen) atoms. The molecular formula is C16H17N3. The molecule has 3 aromatic rings. The molecule has 3 heteroatoms. The minimum Gasteiger partial charge on any atom is -0.399 e. The molecule has 0 amide bonds. The third-order valence-corrected chi connectivity index (χ3v) is 3.09. The van der Waals surface area contributed by atoms with Crippen LogP contribution in [0.5, 0.6) is 0 Å². The molecule has 0 atom stereocenters. The van der Waals surface area contributed by atoms with E-state index in [1.165, 1.54) is 0 Å². The second-order valence-electron chi connectivity index (χ2n) is 5.15. The molecule has 2 aromatic carbocycles. The zero-order valence-corrected chi connectivity index (χ0v) is 11.1. The van der Waals surface area contributed by atoms with Gasteiger partial charge in [-0.05, 0) is 44.2 Å². The Morgan fingerprint density at radius 3 is 2.37 bits per heavy atom. The summed E-state index contributed by atoms with van der Waals surface area (Å²) in [6, 6.07) is 14.7. The van der Waals surface area contributed by atoms with Gasteiger partial charge in [0.15, 0.2) is 0 Å². The second kappa shape index (κ2) is 4.43. The van der Waals surface area contributed by atoms with Crippen molar-refractivity contribution in [3.63, 3.8) is 0 Å². The molecule has 3 N–H and O–H groups in total. The maximum atomic E-state index is 5.81. The van der Waals surface area contributed by atoms with Crippen molar-refractivity contribution in [1.29, 1.82) is 0 Å². The number of hydrogen-bond acceptors (Lipinski definition) is 3. The summed E-state index contributed by atoms with van der Waals surface area (Å²) in [6.07, 6.45) is 0. The summed E-state index contributed by atoms with van der Waals surface area (Å²) >= 11 is 0. The predicted molar refractivity (Wildman–Crippen MR) is 82.4 cm³/mol. The lowest BCUT2D eigenvalue weighted by Gasteiger charge is -2.10. The van der Waals surface area contributed by atoms with Crippen LogP contribution in [0.25, 0.3) is 21.8 Å². The van der Waals surface area contributed by atoms with Gasteiger partial charge in [-0.2, -0.15) is 0 Å². The van der Waals surface area contributed by atoms with Crippen LogP contribution < -0.4 is 11.1 Å². The summed E-state index contributed by atoms with van der Waals surface area (Å²) in [7, 11) is 0. The van der Waals surface area contributed by atoms with Gasteiger partial charge in [-0.3, -0.25) is 0 Å². The number of pyridine rings is 1. The Morgan fingerprint density at radius 2 is 1.63 bits per heavy atom. The zero-order valence-electron chi connectivity index (χ0n) is 11.1. The minimum atomic E-state index is 0.411. The molecule has 0 unspecified atom stereocenters. The fraction of sp³-hybridized carbons (Fsp3) is 0.188. The fourth-order valence-electron chi connectivity index (χ4n) is 2.26. The third-order valence-electron chi connectivity index (χ3n) is 3.09. The van der Waals surface area contributed by atoms with Gasteiger partial charge in [0.05, 0.1) is 11.0 Å². The van der Waals surface area contributed by atoms with Crippen LogP contribution in [0.3, 0.4) is 0 Å². The van der Waals surface area contributed by atoms with E-state index in [0.29, 0.717) is 6.04 Å². The Kier molecular flexibility index (Phi) is 2.75. The molecule has 0 fully saturated rings. The fourth-order valence-corrected chi connectivity index (χ4v) is 2.26. The number of nitrogen functional groups attached to an aromatic ring is 1. The van der Waals surface area contributed by atoms with Crippen molar-refractivity contribution < 1.29 is 0 Å². The van der Waals surface area contributed by atoms with E-state index in [-0.39, 0.29) is 0 Å². The first-order valence-electron chi connectivity index (χ1n) is 6.48. The molecule has 0 aliphatic rings. The van der Waals surface area contributed by atoms with Crippen molar-refractivity contribution in [2.75, 3.05) is 11.1 Å². The van der Waals surface area contributed by atoms with E-state index in [4.69, 9.17) is 5.73 Å². The first-order chi connectivity index (χ1) is 9.11. The molecule has 3 rings (SSSR count). The third kappa shape index (κ3) is 2.32. The summed E-state index contributed by atoms with van der Waals surface area (Å²) in [5, 5.41) is 5.65. The summed E-state index contributed by atoms with van der Waals surface area (Å²) < 4.78 is 0. The number of aromatic nitrogens is 1. The van der Waals surface area contributed by atoms with Crippen molar-refractivity contribution in [3.05, 3.63) is 42.5 Å². The topological polar surface area (TPSA) is 50.9 Å². The maximum Gasteiger partial charge on any atom is 0.0730 e. The Hall–Kier alpha value is -2.29. The Bertz CT molecular complexity index is 747. The molecule has 0 aliphatic heterocycles. The normalized spacial score (nSPS) is 11.3. The summed E-state index contributed by atoms with van der Waals surface area (Å²) in [6.45, 7) is 4.25. The van der Waals surface area contributed by atoms with Gasteiger partial charge in [-0.1, -0.05) is 12.1 Å². The lowest BCUT2D eigenvalue weighted by atomic mass is 10.1. The van der Waals surface area contributed by atoms with Gasteiger partial charge in [0.2, 0.25) is 0 Å². The smallest absolute Gasteiger partial charge is 0.0730 e. The largest absolute Gasteiger partial charge is 0.399 e. The van der Waals surface area contributed by atoms with Crippen molar-refractivity contribution in [3.8, 4) is 0 Å². The Morgan fingerprint density at radius 1 is 0.947 bits per heavy atom.